The number of pyridine rings is 2. The summed E-state index contributed by atoms with van der Waals surface area (Å²) >= 11 is 5.97. The predicted molar refractivity (Wildman–Crippen MR) is 140 cm³/mol. The summed E-state index contributed by atoms with van der Waals surface area (Å²) in [6.45, 7) is 4.31. The summed E-state index contributed by atoms with van der Waals surface area (Å²) in [7, 11) is 0. The van der Waals surface area contributed by atoms with Crippen molar-refractivity contribution >= 4 is 45.5 Å². The lowest BCUT2D eigenvalue weighted by molar-refractivity contribution is -0.120. The van der Waals surface area contributed by atoms with Crippen LogP contribution in [0.5, 0.6) is 0 Å². The molecule has 2 aromatic heterocycles. The van der Waals surface area contributed by atoms with Crippen molar-refractivity contribution in [2.75, 3.05) is 10.6 Å². The lowest BCUT2D eigenvalue weighted by atomic mass is 10.0. The van der Waals surface area contributed by atoms with Crippen LogP contribution in [0.4, 0.5) is 21.5 Å². The summed E-state index contributed by atoms with van der Waals surface area (Å²) in [5.74, 6) is -0.677. The molecule has 0 bridgehead atoms. The van der Waals surface area contributed by atoms with Gasteiger partial charge >= 0.3 is 0 Å². The first-order valence-electron chi connectivity index (χ1n) is 11.3. The molecule has 0 aliphatic heterocycles. The van der Waals surface area contributed by atoms with E-state index in [4.69, 9.17) is 11.6 Å². The number of halogens is 2. The fourth-order valence-corrected chi connectivity index (χ4v) is 3.98. The molecule has 2 aromatic carbocycles. The molecular weight excluding hydrogens is 479 g/mol. The number of anilines is 3. The molecule has 9 heteroatoms. The first kappa shape index (κ1) is 24.9. The number of fused-ring (bicyclic) bond motifs is 1. The van der Waals surface area contributed by atoms with Crippen LogP contribution in [0.25, 0.3) is 10.9 Å². The van der Waals surface area contributed by atoms with Crippen molar-refractivity contribution in [3.05, 3.63) is 88.6 Å². The monoisotopic (exact) mass is 502 g/mol. The quantitative estimate of drug-likeness (QED) is 0.285. The topological polar surface area (TPSA) is 103 Å². The fourth-order valence-electron chi connectivity index (χ4n) is 3.80. The van der Waals surface area contributed by atoms with Gasteiger partial charge in [-0.1, -0.05) is 17.7 Å². The Bertz CT molecular complexity index is 1450. The minimum absolute atomic E-state index is 0.00532. The Morgan fingerprint density at radius 2 is 2.00 bits per heavy atom. The number of nitrogens with one attached hydrogen (secondary N) is 3. The molecule has 1 amide bonds. The first-order chi connectivity index (χ1) is 17.3. The van der Waals surface area contributed by atoms with Gasteiger partial charge in [0, 0.05) is 47.9 Å². The van der Waals surface area contributed by atoms with E-state index in [9.17, 15) is 14.4 Å². The van der Waals surface area contributed by atoms with Gasteiger partial charge in [-0.15, -0.1) is 0 Å². The molecule has 0 spiro atoms. The van der Waals surface area contributed by atoms with E-state index in [-0.39, 0.29) is 23.4 Å². The number of carbonyl (C=O) groups is 1. The normalized spacial score (nSPS) is 10.8. The summed E-state index contributed by atoms with van der Waals surface area (Å²) in [5.41, 5.74) is 4.30. The summed E-state index contributed by atoms with van der Waals surface area (Å²) in [6.07, 6.45) is 5.05. The molecule has 0 saturated carbocycles. The molecule has 0 fully saturated rings. The van der Waals surface area contributed by atoms with Crippen LogP contribution in [0, 0.1) is 17.1 Å². The Morgan fingerprint density at radius 1 is 1.17 bits per heavy atom. The fraction of sp³-hybridized carbons (Fsp3) is 0.185. The van der Waals surface area contributed by atoms with Crippen LogP contribution in [-0.2, 0) is 17.8 Å². The third kappa shape index (κ3) is 5.88. The number of hydrogen-bond donors (Lipinski definition) is 3. The number of carbonyl (C=O) groups excluding carboxylic acids is 1. The number of hydrogen-bond acceptors (Lipinski definition) is 6. The Balaban J connectivity index is 1.81. The molecule has 0 radical (unpaired) electrons. The van der Waals surface area contributed by atoms with Crippen LogP contribution >= 0.6 is 11.6 Å². The van der Waals surface area contributed by atoms with E-state index >= 15 is 0 Å². The zero-order chi connectivity index (χ0) is 25.7. The molecule has 2 heterocycles. The molecule has 0 unspecified atom stereocenters. The maximum absolute atomic E-state index is 13.7. The molecule has 4 aromatic rings. The SMILES string of the molecule is CC(C)NC(=O)Cc1cc(NCc2cccnc2)cc2c(Nc3ccc(F)c(Cl)c3)c(C#N)cnc12. The largest absolute Gasteiger partial charge is 0.381 e. The second-order valence-electron chi connectivity index (χ2n) is 8.56. The van der Waals surface area contributed by atoms with E-state index in [0.717, 1.165) is 11.3 Å². The van der Waals surface area contributed by atoms with Gasteiger partial charge in [-0.2, -0.15) is 5.26 Å². The molecular formula is C27H24ClFN6O. The number of aromatic nitrogens is 2. The van der Waals surface area contributed by atoms with Crippen molar-refractivity contribution < 1.29 is 9.18 Å². The van der Waals surface area contributed by atoms with Gasteiger partial charge in [-0.3, -0.25) is 14.8 Å². The second kappa shape index (κ2) is 11.0. The third-order valence-corrected chi connectivity index (χ3v) is 5.67. The van der Waals surface area contributed by atoms with Gasteiger partial charge in [0.15, 0.2) is 0 Å². The number of nitriles is 1. The standard InChI is InChI=1S/C27H24ClFN6O/c1-16(2)34-25(36)9-18-8-21(32-14-17-4-3-7-31-13-17)10-22-26(18)33-15-19(12-30)27(22)35-20-5-6-24(29)23(28)11-20/h3-8,10-11,13,15-16,32H,9,14H2,1-2H3,(H,33,35)(H,34,36). The predicted octanol–water partition coefficient (Wildman–Crippen LogP) is 5.72. The van der Waals surface area contributed by atoms with Gasteiger partial charge in [0.1, 0.15) is 11.9 Å². The number of rotatable bonds is 8. The van der Waals surface area contributed by atoms with Crippen LogP contribution in [-0.4, -0.2) is 21.9 Å². The van der Waals surface area contributed by atoms with Crippen LogP contribution in [0.15, 0.2) is 61.1 Å². The van der Waals surface area contributed by atoms with Gasteiger partial charge < -0.3 is 16.0 Å². The molecule has 182 valence electrons. The van der Waals surface area contributed by atoms with Crippen LogP contribution < -0.4 is 16.0 Å². The van der Waals surface area contributed by atoms with Crippen molar-refractivity contribution in [3.8, 4) is 6.07 Å². The smallest absolute Gasteiger partial charge is 0.224 e. The van der Waals surface area contributed by atoms with E-state index in [1.165, 1.54) is 24.4 Å². The van der Waals surface area contributed by atoms with Crippen molar-refractivity contribution in [1.29, 1.82) is 5.26 Å². The molecule has 0 aliphatic rings. The summed E-state index contributed by atoms with van der Waals surface area (Å²) in [5, 5.41) is 19.9. The molecule has 4 rings (SSSR count). The second-order valence-corrected chi connectivity index (χ2v) is 8.97. The van der Waals surface area contributed by atoms with Crippen molar-refractivity contribution in [2.45, 2.75) is 32.9 Å². The number of amides is 1. The highest BCUT2D eigenvalue weighted by Gasteiger charge is 2.17. The lowest BCUT2D eigenvalue weighted by Gasteiger charge is -2.17. The van der Waals surface area contributed by atoms with Crippen LogP contribution in [0.1, 0.15) is 30.5 Å². The minimum atomic E-state index is -0.539. The Labute approximate surface area is 213 Å². The summed E-state index contributed by atoms with van der Waals surface area (Å²) < 4.78 is 13.7. The maximum Gasteiger partial charge on any atom is 0.224 e. The van der Waals surface area contributed by atoms with Gasteiger partial charge in [-0.25, -0.2) is 4.39 Å². The highest BCUT2D eigenvalue weighted by molar-refractivity contribution is 6.31. The molecule has 0 aliphatic carbocycles. The van der Waals surface area contributed by atoms with Crippen molar-refractivity contribution in [1.82, 2.24) is 15.3 Å². The Morgan fingerprint density at radius 3 is 2.69 bits per heavy atom. The van der Waals surface area contributed by atoms with Gasteiger partial charge in [0.05, 0.1) is 28.2 Å². The van der Waals surface area contributed by atoms with E-state index in [1.54, 1.807) is 12.4 Å². The average Bonchev–Trinajstić information content (AvgIpc) is 2.85. The van der Waals surface area contributed by atoms with Crippen molar-refractivity contribution in [3.63, 3.8) is 0 Å². The molecule has 3 N–H and O–H groups in total. The Kier molecular flexibility index (Phi) is 7.62. The highest BCUT2D eigenvalue weighted by Crippen LogP contribution is 2.34. The van der Waals surface area contributed by atoms with Crippen LogP contribution in [0.2, 0.25) is 5.02 Å². The Hall–Kier alpha value is -4.22. The summed E-state index contributed by atoms with van der Waals surface area (Å²) in [6, 6.07) is 14.0. The molecule has 36 heavy (non-hydrogen) atoms. The third-order valence-electron chi connectivity index (χ3n) is 5.38. The van der Waals surface area contributed by atoms with Crippen LogP contribution in [0.3, 0.4) is 0 Å². The maximum atomic E-state index is 13.7. The van der Waals surface area contributed by atoms with E-state index in [1.807, 2.05) is 38.1 Å². The van der Waals surface area contributed by atoms with Gasteiger partial charge in [0.2, 0.25) is 5.91 Å². The summed E-state index contributed by atoms with van der Waals surface area (Å²) in [4.78, 5) is 21.3. The zero-order valence-electron chi connectivity index (χ0n) is 19.8. The van der Waals surface area contributed by atoms with E-state index in [2.05, 4.69) is 32.0 Å². The van der Waals surface area contributed by atoms with E-state index in [0.29, 0.717) is 39.9 Å². The van der Waals surface area contributed by atoms with Gasteiger partial charge in [0.25, 0.3) is 0 Å². The first-order valence-corrected chi connectivity index (χ1v) is 11.7. The number of benzene rings is 2. The molecule has 7 nitrogen and oxygen atoms in total. The van der Waals surface area contributed by atoms with Crippen molar-refractivity contribution in [2.24, 2.45) is 0 Å². The minimum Gasteiger partial charge on any atom is -0.381 e. The molecule has 0 atom stereocenters. The average molecular weight is 503 g/mol. The van der Waals surface area contributed by atoms with E-state index < -0.39 is 5.82 Å². The highest BCUT2D eigenvalue weighted by atomic mass is 35.5. The number of nitrogens with zero attached hydrogens (tertiary/aromatic N) is 3. The molecule has 0 saturated heterocycles. The van der Waals surface area contributed by atoms with Gasteiger partial charge in [-0.05, 0) is 61.4 Å². The lowest BCUT2D eigenvalue weighted by Crippen LogP contribution is -2.31. The zero-order valence-corrected chi connectivity index (χ0v) is 20.5.